The molecule has 1 aromatic heterocycles. The molecule has 1 aliphatic rings. The van der Waals surface area contributed by atoms with Crippen molar-refractivity contribution in [2.24, 2.45) is 5.92 Å². The van der Waals surface area contributed by atoms with Gasteiger partial charge in [-0.15, -0.1) is 0 Å². The second-order valence-corrected chi connectivity index (χ2v) is 7.71. The van der Waals surface area contributed by atoms with E-state index >= 15 is 0 Å². The third-order valence-electron chi connectivity index (χ3n) is 4.88. The van der Waals surface area contributed by atoms with Crippen LogP contribution in [-0.2, 0) is 0 Å². The van der Waals surface area contributed by atoms with Crippen LogP contribution in [0.2, 0.25) is 5.02 Å². The monoisotopic (exact) mass is 409 g/mol. The molecule has 0 fully saturated rings. The van der Waals surface area contributed by atoms with E-state index in [1.165, 1.54) is 12.1 Å². The molecule has 0 bridgehead atoms. The quantitative estimate of drug-likeness (QED) is 0.552. The Hall–Kier alpha value is -2.85. The predicted molar refractivity (Wildman–Crippen MR) is 121 cm³/mol. The van der Waals surface area contributed by atoms with E-state index in [1.807, 2.05) is 12.1 Å². The molecular formula is C24H25ClFN3. The summed E-state index contributed by atoms with van der Waals surface area (Å²) in [6.07, 6.45) is 6.28. The number of halogens is 2. The number of rotatable bonds is 6. The van der Waals surface area contributed by atoms with Crippen molar-refractivity contribution in [3.63, 3.8) is 0 Å². The van der Waals surface area contributed by atoms with E-state index < -0.39 is 0 Å². The van der Waals surface area contributed by atoms with Gasteiger partial charge >= 0.3 is 0 Å². The Morgan fingerprint density at radius 2 is 2.07 bits per heavy atom. The number of benzene rings is 1. The molecule has 29 heavy (non-hydrogen) atoms. The molecule has 3 nitrogen and oxygen atoms in total. The van der Waals surface area contributed by atoms with Crippen LogP contribution in [0.4, 0.5) is 10.1 Å². The molecule has 0 saturated carbocycles. The van der Waals surface area contributed by atoms with Crippen molar-refractivity contribution in [3.05, 3.63) is 95.0 Å². The zero-order chi connectivity index (χ0) is 21.1. The summed E-state index contributed by atoms with van der Waals surface area (Å²) in [6, 6.07) is 6.43. The van der Waals surface area contributed by atoms with Crippen LogP contribution in [0.5, 0.6) is 0 Å². The van der Waals surface area contributed by atoms with E-state index in [0.29, 0.717) is 21.9 Å². The molecule has 5 heteroatoms. The summed E-state index contributed by atoms with van der Waals surface area (Å²) in [5, 5.41) is 7.32. The maximum atomic E-state index is 14.5. The lowest BCUT2D eigenvalue weighted by Crippen LogP contribution is -2.25. The Kier molecular flexibility index (Phi) is 6.23. The summed E-state index contributed by atoms with van der Waals surface area (Å²) in [5.41, 5.74) is 6.37. The van der Waals surface area contributed by atoms with Gasteiger partial charge in [0, 0.05) is 51.2 Å². The van der Waals surface area contributed by atoms with Crippen LogP contribution in [-0.4, -0.2) is 4.98 Å². The van der Waals surface area contributed by atoms with Gasteiger partial charge in [-0.2, -0.15) is 0 Å². The van der Waals surface area contributed by atoms with Crippen molar-refractivity contribution in [1.29, 1.82) is 0 Å². The van der Waals surface area contributed by atoms with Crippen molar-refractivity contribution in [2.45, 2.75) is 27.2 Å². The molecule has 3 rings (SSSR count). The molecule has 2 N–H and O–H groups in total. The van der Waals surface area contributed by atoms with E-state index in [0.717, 1.165) is 34.6 Å². The lowest BCUT2D eigenvalue weighted by molar-refractivity contribution is 0.623. The first-order valence-corrected chi connectivity index (χ1v) is 9.96. The number of nitrogens with zero attached hydrogens (tertiary/aromatic N) is 1. The summed E-state index contributed by atoms with van der Waals surface area (Å²) >= 11 is 6.11. The topological polar surface area (TPSA) is 37.0 Å². The summed E-state index contributed by atoms with van der Waals surface area (Å²) in [6.45, 7) is 14.5. The Bertz CT molecular complexity index is 1030. The summed E-state index contributed by atoms with van der Waals surface area (Å²) < 4.78 is 14.5. The number of anilines is 1. The van der Waals surface area contributed by atoms with Gasteiger partial charge in [0.15, 0.2) is 0 Å². The number of pyridine rings is 1. The van der Waals surface area contributed by atoms with Crippen molar-refractivity contribution >= 4 is 28.4 Å². The van der Waals surface area contributed by atoms with Gasteiger partial charge in [-0.1, -0.05) is 45.5 Å². The van der Waals surface area contributed by atoms with Crippen LogP contribution in [0.1, 0.15) is 38.3 Å². The van der Waals surface area contributed by atoms with Gasteiger partial charge in [-0.25, -0.2) is 4.39 Å². The highest BCUT2D eigenvalue weighted by Gasteiger charge is 2.22. The normalized spacial score (nSPS) is 14.0. The van der Waals surface area contributed by atoms with Crippen molar-refractivity contribution < 1.29 is 4.39 Å². The number of dihydropyridines is 1. The second-order valence-electron chi connectivity index (χ2n) is 7.27. The minimum atomic E-state index is -0.347. The third-order valence-corrected chi connectivity index (χ3v) is 5.12. The van der Waals surface area contributed by atoms with Crippen LogP contribution >= 0.6 is 11.6 Å². The fraction of sp³-hybridized carbons (Fsp3) is 0.208. The number of hydrogen-bond donors (Lipinski definition) is 2. The van der Waals surface area contributed by atoms with E-state index in [9.17, 15) is 4.39 Å². The first-order chi connectivity index (χ1) is 13.8. The predicted octanol–water partition coefficient (Wildman–Crippen LogP) is 6.78. The molecule has 150 valence electrons. The number of nitrogens with one attached hydrogen (secondary N) is 2. The van der Waals surface area contributed by atoms with Gasteiger partial charge in [0.25, 0.3) is 0 Å². The molecule has 1 aromatic carbocycles. The van der Waals surface area contributed by atoms with Gasteiger partial charge < -0.3 is 10.6 Å². The molecule has 2 heterocycles. The SMILES string of the molecule is C=C1NC(C(C)C)=C(Nc2ccncc2C(=C)CC)C=C1c1cc(Cl)ccc1F. The molecule has 0 amide bonds. The zero-order valence-electron chi connectivity index (χ0n) is 16.9. The molecule has 0 aliphatic carbocycles. The van der Waals surface area contributed by atoms with Crippen LogP contribution < -0.4 is 10.6 Å². The third kappa shape index (κ3) is 4.43. The Labute approximate surface area is 176 Å². The summed E-state index contributed by atoms with van der Waals surface area (Å²) in [7, 11) is 0. The Morgan fingerprint density at radius 3 is 2.76 bits per heavy atom. The van der Waals surface area contributed by atoms with Gasteiger partial charge in [0.2, 0.25) is 0 Å². The highest BCUT2D eigenvalue weighted by atomic mass is 35.5. The molecule has 0 radical (unpaired) electrons. The van der Waals surface area contributed by atoms with E-state index in [4.69, 9.17) is 11.6 Å². The average Bonchev–Trinajstić information content (AvgIpc) is 2.70. The van der Waals surface area contributed by atoms with Gasteiger partial charge in [0.05, 0.1) is 5.70 Å². The highest BCUT2D eigenvalue weighted by molar-refractivity contribution is 6.30. The fourth-order valence-corrected chi connectivity index (χ4v) is 3.40. The van der Waals surface area contributed by atoms with Crippen molar-refractivity contribution in [2.75, 3.05) is 5.32 Å². The molecular weight excluding hydrogens is 385 g/mol. The van der Waals surface area contributed by atoms with Gasteiger partial charge in [0.1, 0.15) is 5.82 Å². The Balaban J connectivity index is 2.11. The van der Waals surface area contributed by atoms with E-state index in [2.05, 4.69) is 49.5 Å². The lowest BCUT2D eigenvalue weighted by Gasteiger charge is -2.28. The lowest BCUT2D eigenvalue weighted by atomic mass is 9.95. The fourth-order valence-electron chi connectivity index (χ4n) is 3.23. The maximum absolute atomic E-state index is 14.5. The first kappa shape index (κ1) is 20.9. The van der Waals surface area contributed by atoms with E-state index in [-0.39, 0.29) is 11.7 Å². The van der Waals surface area contributed by atoms with Crippen LogP contribution in [0, 0.1) is 11.7 Å². The number of allylic oxidation sites excluding steroid dienone is 4. The minimum Gasteiger partial charge on any atom is -0.357 e. The molecule has 0 saturated heterocycles. The first-order valence-electron chi connectivity index (χ1n) is 9.58. The average molecular weight is 410 g/mol. The zero-order valence-corrected chi connectivity index (χ0v) is 17.7. The largest absolute Gasteiger partial charge is 0.357 e. The smallest absolute Gasteiger partial charge is 0.131 e. The van der Waals surface area contributed by atoms with E-state index in [1.54, 1.807) is 18.5 Å². The molecule has 0 unspecified atom stereocenters. The highest BCUT2D eigenvalue weighted by Crippen LogP contribution is 2.34. The van der Waals surface area contributed by atoms with Crippen LogP contribution in [0.25, 0.3) is 11.1 Å². The van der Waals surface area contributed by atoms with Crippen molar-refractivity contribution in [1.82, 2.24) is 10.3 Å². The van der Waals surface area contributed by atoms with Crippen molar-refractivity contribution in [3.8, 4) is 0 Å². The number of aromatic nitrogens is 1. The summed E-state index contributed by atoms with van der Waals surface area (Å²) in [5.74, 6) is -0.143. The molecule has 0 spiro atoms. The molecule has 2 aromatic rings. The second kappa shape index (κ2) is 8.66. The number of hydrogen-bond acceptors (Lipinski definition) is 3. The maximum Gasteiger partial charge on any atom is 0.131 e. The standard InChI is InChI=1S/C24H25ClFN3/c1-6-15(4)20-13-27-10-9-22(20)29-23-12-18(16(5)28-24(23)14(2)3)19-11-17(25)7-8-21(19)26/h7-14,28H,4-6H2,1-3H3,(H,27,29). The Morgan fingerprint density at radius 1 is 1.31 bits per heavy atom. The summed E-state index contributed by atoms with van der Waals surface area (Å²) in [4.78, 5) is 4.23. The molecule has 0 atom stereocenters. The molecule has 1 aliphatic heterocycles. The van der Waals surface area contributed by atoms with Crippen LogP contribution in [0.3, 0.4) is 0 Å². The van der Waals surface area contributed by atoms with Crippen LogP contribution in [0.15, 0.2) is 73.0 Å². The van der Waals surface area contributed by atoms with Gasteiger partial charge in [-0.3, -0.25) is 4.98 Å². The minimum absolute atomic E-state index is 0.205. The van der Waals surface area contributed by atoms with Gasteiger partial charge in [-0.05, 0) is 48.3 Å².